The second kappa shape index (κ2) is 6.20. The minimum atomic E-state index is -0.472. The SMILES string of the molecule is COc1ccc2c(=O)cc(C(=O)Nc3ccc(C)c(C)c3)oc2c1. The average Bonchev–Trinajstić information content (AvgIpc) is 2.57. The molecule has 0 radical (unpaired) electrons. The van der Waals surface area contributed by atoms with Crippen molar-refractivity contribution in [3.8, 4) is 5.75 Å². The monoisotopic (exact) mass is 323 g/mol. The second-order valence-electron chi connectivity index (χ2n) is 5.59. The summed E-state index contributed by atoms with van der Waals surface area (Å²) in [6, 6.07) is 11.7. The van der Waals surface area contributed by atoms with Crippen LogP contribution >= 0.6 is 0 Å². The molecule has 5 heteroatoms. The van der Waals surface area contributed by atoms with Gasteiger partial charge in [-0.1, -0.05) is 6.07 Å². The molecule has 1 heterocycles. The molecule has 0 aliphatic carbocycles. The fourth-order valence-electron chi connectivity index (χ4n) is 2.39. The van der Waals surface area contributed by atoms with Crippen molar-refractivity contribution in [1.29, 1.82) is 0 Å². The molecule has 1 amide bonds. The van der Waals surface area contributed by atoms with E-state index in [2.05, 4.69) is 5.32 Å². The van der Waals surface area contributed by atoms with Gasteiger partial charge in [0.1, 0.15) is 11.3 Å². The number of fused-ring (bicyclic) bond motifs is 1. The lowest BCUT2D eigenvalue weighted by Gasteiger charge is -2.08. The maximum absolute atomic E-state index is 12.4. The third-order valence-corrected chi connectivity index (χ3v) is 3.92. The largest absolute Gasteiger partial charge is 0.497 e. The van der Waals surface area contributed by atoms with Gasteiger partial charge in [0, 0.05) is 17.8 Å². The summed E-state index contributed by atoms with van der Waals surface area (Å²) in [6.45, 7) is 3.96. The number of carbonyl (C=O) groups excluding carboxylic acids is 1. The van der Waals surface area contributed by atoms with Crippen LogP contribution in [0.3, 0.4) is 0 Å². The quantitative estimate of drug-likeness (QED) is 0.798. The summed E-state index contributed by atoms with van der Waals surface area (Å²) in [5, 5.41) is 3.15. The Balaban J connectivity index is 1.97. The molecule has 0 saturated carbocycles. The van der Waals surface area contributed by atoms with Gasteiger partial charge in [-0.3, -0.25) is 9.59 Å². The average molecular weight is 323 g/mol. The summed E-state index contributed by atoms with van der Waals surface area (Å²) in [6.07, 6.45) is 0. The fraction of sp³-hybridized carbons (Fsp3) is 0.158. The molecule has 0 bridgehead atoms. The molecule has 1 N–H and O–H groups in total. The first-order chi connectivity index (χ1) is 11.5. The normalized spacial score (nSPS) is 10.6. The van der Waals surface area contributed by atoms with Gasteiger partial charge in [-0.15, -0.1) is 0 Å². The number of hydrogen-bond acceptors (Lipinski definition) is 4. The molecule has 2 aromatic carbocycles. The molecule has 24 heavy (non-hydrogen) atoms. The molecule has 0 aliphatic heterocycles. The van der Waals surface area contributed by atoms with E-state index in [0.29, 0.717) is 22.4 Å². The molecule has 0 fully saturated rings. The third kappa shape index (κ3) is 3.01. The van der Waals surface area contributed by atoms with E-state index < -0.39 is 5.91 Å². The Hall–Kier alpha value is -3.08. The first kappa shape index (κ1) is 15.8. The number of methoxy groups -OCH3 is 1. The zero-order chi connectivity index (χ0) is 17.3. The standard InChI is InChI=1S/C19H17NO4/c1-11-4-5-13(8-12(11)2)20-19(22)18-10-16(21)15-7-6-14(23-3)9-17(15)24-18/h4-10H,1-3H3,(H,20,22). The molecule has 0 aliphatic rings. The molecule has 0 spiro atoms. The first-order valence-electron chi connectivity index (χ1n) is 7.48. The molecular formula is C19H17NO4. The number of ether oxygens (including phenoxy) is 1. The van der Waals surface area contributed by atoms with Crippen LogP contribution in [-0.4, -0.2) is 13.0 Å². The summed E-state index contributed by atoms with van der Waals surface area (Å²) in [7, 11) is 1.52. The van der Waals surface area contributed by atoms with Crippen molar-refractivity contribution in [3.05, 3.63) is 69.6 Å². The molecule has 3 rings (SSSR count). The highest BCUT2D eigenvalue weighted by Gasteiger charge is 2.13. The number of benzene rings is 2. The van der Waals surface area contributed by atoms with Gasteiger partial charge in [-0.2, -0.15) is 0 Å². The van der Waals surface area contributed by atoms with E-state index in [-0.39, 0.29) is 11.2 Å². The number of hydrogen-bond donors (Lipinski definition) is 1. The van der Waals surface area contributed by atoms with Gasteiger partial charge in [-0.25, -0.2) is 0 Å². The molecule has 3 aromatic rings. The van der Waals surface area contributed by atoms with Crippen molar-refractivity contribution < 1.29 is 13.9 Å². The van der Waals surface area contributed by atoms with Gasteiger partial charge in [0.05, 0.1) is 12.5 Å². The van der Waals surface area contributed by atoms with Gasteiger partial charge in [0.25, 0.3) is 5.91 Å². The number of rotatable bonds is 3. The summed E-state index contributed by atoms with van der Waals surface area (Å²) in [5.41, 5.74) is 2.89. The Kier molecular flexibility index (Phi) is 4.08. The van der Waals surface area contributed by atoms with Crippen LogP contribution in [-0.2, 0) is 0 Å². The fourth-order valence-corrected chi connectivity index (χ4v) is 2.39. The zero-order valence-corrected chi connectivity index (χ0v) is 13.7. The number of nitrogens with one attached hydrogen (secondary N) is 1. The third-order valence-electron chi connectivity index (χ3n) is 3.92. The van der Waals surface area contributed by atoms with Crippen molar-refractivity contribution in [2.45, 2.75) is 13.8 Å². The van der Waals surface area contributed by atoms with Gasteiger partial charge < -0.3 is 14.5 Å². The van der Waals surface area contributed by atoms with Gasteiger partial charge in [0.2, 0.25) is 0 Å². The molecule has 5 nitrogen and oxygen atoms in total. The van der Waals surface area contributed by atoms with E-state index in [4.69, 9.17) is 9.15 Å². The molecular weight excluding hydrogens is 306 g/mol. The van der Waals surface area contributed by atoms with Crippen molar-refractivity contribution in [2.24, 2.45) is 0 Å². The highest BCUT2D eigenvalue weighted by atomic mass is 16.5. The van der Waals surface area contributed by atoms with Crippen LogP contribution in [0.2, 0.25) is 0 Å². The van der Waals surface area contributed by atoms with E-state index in [9.17, 15) is 9.59 Å². The highest BCUT2D eigenvalue weighted by Crippen LogP contribution is 2.20. The number of aryl methyl sites for hydroxylation is 2. The summed E-state index contributed by atoms with van der Waals surface area (Å²) in [5.74, 6) is 0.0384. The highest BCUT2D eigenvalue weighted by molar-refractivity contribution is 6.03. The Morgan fingerprint density at radius 2 is 1.83 bits per heavy atom. The van der Waals surface area contributed by atoms with Gasteiger partial charge in [0.15, 0.2) is 11.2 Å². The Morgan fingerprint density at radius 1 is 1.04 bits per heavy atom. The lowest BCUT2D eigenvalue weighted by atomic mass is 10.1. The number of amides is 1. The van der Waals surface area contributed by atoms with Crippen LogP contribution in [0.1, 0.15) is 21.7 Å². The maximum Gasteiger partial charge on any atom is 0.291 e. The van der Waals surface area contributed by atoms with Crippen molar-refractivity contribution >= 4 is 22.6 Å². The number of anilines is 1. The van der Waals surface area contributed by atoms with Crippen LogP contribution in [0.5, 0.6) is 5.75 Å². The lowest BCUT2D eigenvalue weighted by Crippen LogP contribution is -2.15. The second-order valence-corrected chi connectivity index (χ2v) is 5.59. The lowest BCUT2D eigenvalue weighted by molar-refractivity contribution is 0.0997. The molecule has 1 aromatic heterocycles. The van der Waals surface area contributed by atoms with E-state index in [1.54, 1.807) is 18.2 Å². The first-order valence-corrected chi connectivity index (χ1v) is 7.48. The minimum Gasteiger partial charge on any atom is -0.497 e. The van der Waals surface area contributed by atoms with E-state index >= 15 is 0 Å². The summed E-state index contributed by atoms with van der Waals surface area (Å²) in [4.78, 5) is 24.6. The van der Waals surface area contributed by atoms with Crippen molar-refractivity contribution in [2.75, 3.05) is 12.4 Å². The van der Waals surface area contributed by atoms with Gasteiger partial charge >= 0.3 is 0 Å². The van der Waals surface area contributed by atoms with Crippen molar-refractivity contribution in [1.82, 2.24) is 0 Å². The maximum atomic E-state index is 12.4. The van der Waals surface area contributed by atoms with Crippen LogP contribution in [0.4, 0.5) is 5.69 Å². The minimum absolute atomic E-state index is 0.0426. The Morgan fingerprint density at radius 3 is 2.54 bits per heavy atom. The zero-order valence-electron chi connectivity index (χ0n) is 13.7. The predicted octanol–water partition coefficient (Wildman–Crippen LogP) is 3.67. The number of carbonyl (C=O) groups is 1. The van der Waals surface area contributed by atoms with E-state index in [1.165, 1.54) is 13.2 Å². The molecule has 0 saturated heterocycles. The topological polar surface area (TPSA) is 68.5 Å². The van der Waals surface area contributed by atoms with E-state index in [0.717, 1.165) is 11.1 Å². The summed E-state index contributed by atoms with van der Waals surface area (Å²) >= 11 is 0. The van der Waals surface area contributed by atoms with Crippen LogP contribution < -0.4 is 15.5 Å². The van der Waals surface area contributed by atoms with Gasteiger partial charge in [-0.05, 0) is 49.2 Å². The molecule has 0 unspecified atom stereocenters. The van der Waals surface area contributed by atoms with Crippen LogP contribution in [0.25, 0.3) is 11.0 Å². The van der Waals surface area contributed by atoms with Crippen molar-refractivity contribution in [3.63, 3.8) is 0 Å². The van der Waals surface area contributed by atoms with E-state index in [1.807, 2.05) is 32.0 Å². The van der Waals surface area contributed by atoms with Crippen LogP contribution in [0, 0.1) is 13.8 Å². The molecule has 0 atom stereocenters. The summed E-state index contributed by atoms with van der Waals surface area (Å²) < 4.78 is 10.7. The Labute approximate surface area is 138 Å². The Bertz CT molecular complexity index is 988. The van der Waals surface area contributed by atoms with Crippen LogP contribution in [0.15, 0.2) is 51.7 Å². The molecule has 122 valence electrons. The smallest absolute Gasteiger partial charge is 0.291 e. The predicted molar refractivity (Wildman–Crippen MR) is 92.9 cm³/mol.